The highest BCUT2D eigenvalue weighted by molar-refractivity contribution is 4.78. The van der Waals surface area contributed by atoms with Crippen LogP contribution in [0.15, 0.2) is 0 Å². The number of nitriles is 1. The summed E-state index contributed by atoms with van der Waals surface area (Å²) in [5.41, 5.74) is 0. The largest absolute Gasteiger partial charge is 0.314 e. The van der Waals surface area contributed by atoms with E-state index in [-0.39, 0.29) is 0 Å². The summed E-state index contributed by atoms with van der Waals surface area (Å²) in [7, 11) is 2.20. The molecule has 0 aliphatic carbocycles. The van der Waals surface area contributed by atoms with E-state index >= 15 is 0 Å². The second-order valence-corrected chi connectivity index (χ2v) is 5.00. The van der Waals surface area contributed by atoms with E-state index in [9.17, 15) is 0 Å². The van der Waals surface area contributed by atoms with Gasteiger partial charge in [-0.2, -0.15) is 5.26 Å². The van der Waals surface area contributed by atoms with Crippen molar-refractivity contribution in [3.05, 3.63) is 0 Å². The average Bonchev–Trinajstić information content (AvgIpc) is 2.29. The summed E-state index contributed by atoms with van der Waals surface area (Å²) < 4.78 is 0. The first-order chi connectivity index (χ1) is 7.74. The van der Waals surface area contributed by atoms with Crippen LogP contribution >= 0.6 is 0 Å². The monoisotopic (exact) mass is 223 g/mol. The number of rotatable bonds is 6. The summed E-state index contributed by atoms with van der Waals surface area (Å²) in [6.07, 6.45) is 5.50. The lowest BCUT2D eigenvalue weighted by Gasteiger charge is -2.33. The molecule has 3 nitrogen and oxygen atoms in total. The van der Waals surface area contributed by atoms with E-state index in [1.807, 2.05) is 0 Å². The maximum atomic E-state index is 8.43. The van der Waals surface area contributed by atoms with Gasteiger partial charge in [0, 0.05) is 12.5 Å². The Hall–Kier alpha value is -0.590. The van der Waals surface area contributed by atoms with E-state index in [4.69, 9.17) is 5.26 Å². The van der Waals surface area contributed by atoms with Gasteiger partial charge in [-0.15, -0.1) is 0 Å². The fourth-order valence-corrected chi connectivity index (χ4v) is 2.35. The molecule has 0 radical (unpaired) electrons. The first-order valence-electron chi connectivity index (χ1n) is 6.53. The van der Waals surface area contributed by atoms with Gasteiger partial charge in [-0.05, 0) is 65.2 Å². The van der Waals surface area contributed by atoms with Crippen molar-refractivity contribution in [3.8, 4) is 6.07 Å². The average molecular weight is 223 g/mol. The number of piperidine rings is 1. The van der Waals surface area contributed by atoms with Crippen molar-refractivity contribution in [1.82, 2.24) is 10.2 Å². The summed E-state index contributed by atoms with van der Waals surface area (Å²) in [5, 5.41) is 12.0. The Morgan fingerprint density at radius 2 is 2.06 bits per heavy atom. The van der Waals surface area contributed by atoms with Crippen LogP contribution in [0.5, 0.6) is 0 Å². The first-order valence-corrected chi connectivity index (χ1v) is 6.53. The van der Waals surface area contributed by atoms with Crippen LogP contribution in [0, 0.1) is 17.2 Å². The van der Waals surface area contributed by atoms with Crippen molar-refractivity contribution in [1.29, 1.82) is 5.26 Å². The van der Waals surface area contributed by atoms with Crippen LogP contribution in [0.2, 0.25) is 0 Å². The van der Waals surface area contributed by atoms with Crippen LogP contribution in [0.1, 0.15) is 39.0 Å². The predicted molar refractivity (Wildman–Crippen MR) is 67.1 cm³/mol. The second-order valence-electron chi connectivity index (χ2n) is 5.00. The molecule has 1 fully saturated rings. The molecule has 0 saturated carbocycles. The summed E-state index contributed by atoms with van der Waals surface area (Å²) in [6, 6.07) is 2.83. The van der Waals surface area contributed by atoms with Gasteiger partial charge in [-0.25, -0.2) is 0 Å². The molecule has 0 amide bonds. The van der Waals surface area contributed by atoms with E-state index in [2.05, 4.69) is 30.3 Å². The van der Waals surface area contributed by atoms with Crippen molar-refractivity contribution in [2.75, 3.05) is 26.7 Å². The topological polar surface area (TPSA) is 39.1 Å². The molecular weight excluding hydrogens is 198 g/mol. The Labute approximate surface area is 99.8 Å². The van der Waals surface area contributed by atoms with Crippen LogP contribution in [-0.2, 0) is 0 Å². The molecule has 1 N–H and O–H groups in total. The van der Waals surface area contributed by atoms with Gasteiger partial charge in [0.15, 0.2) is 0 Å². The number of nitrogens with zero attached hydrogens (tertiary/aromatic N) is 2. The van der Waals surface area contributed by atoms with Gasteiger partial charge < -0.3 is 10.2 Å². The van der Waals surface area contributed by atoms with Crippen molar-refractivity contribution in [2.45, 2.75) is 45.1 Å². The predicted octanol–water partition coefficient (Wildman–Crippen LogP) is 2.00. The van der Waals surface area contributed by atoms with Gasteiger partial charge in [-0.1, -0.05) is 0 Å². The number of unbranched alkanes of at least 4 members (excludes halogenated alkanes) is 2. The van der Waals surface area contributed by atoms with Gasteiger partial charge in [-0.3, -0.25) is 0 Å². The van der Waals surface area contributed by atoms with E-state index in [0.29, 0.717) is 12.5 Å². The lowest BCUT2D eigenvalue weighted by atomic mass is 9.90. The van der Waals surface area contributed by atoms with Crippen LogP contribution in [0.4, 0.5) is 0 Å². The molecule has 0 spiro atoms. The molecule has 1 rings (SSSR count). The Morgan fingerprint density at radius 3 is 2.69 bits per heavy atom. The fraction of sp³-hybridized carbons (Fsp3) is 0.923. The number of nitrogens with one attached hydrogen (secondary N) is 1. The Bertz CT molecular complexity index is 214. The maximum absolute atomic E-state index is 8.43. The maximum Gasteiger partial charge on any atom is 0.0621 e. The van der Waals surface area contributed by atoms with Gasteiger partial charge >= 0.3 is 0 Å². The Balaban J connectivity index is 2.06. The van der Waals surface area contributed by atoms with E-state index in [0.717, 1.165) is 25.3 Å². The molecule has 16 heavy (non-hydrogen) atoms. The number of likely N-dealkylation sites (tertiary alicyclic amines) is 1. The smallest absolute Gasteiger partial charge is 0.0621 e. The van der Waals surface area contributed by atoms with E-state index in [1.54, 1.807) is 0 Å². The highest BCUT2D eigenvalue weighted by Gasteiger charge is 2.21. The third kappa shape index (κ3) is 4.96. The Morgan fingerprint density at radius 1 is 1.38 bits per heavy atom. The lowest BCUT2D eigenvalue weighted by Crippen LogP contribution is -2.40. The van der Waals surface area contributed by atoms with Gasteiger partial charge in [0.1, 0.15) is 0 Å². The molecule has 0 aromatic carbocycles. The highest BCUT2D eigenvalue weighted by Crippen LogP contribution is 2.19. The van der Waals surface area contributed by atoms with E-state index < -0.39 is 0 Å². The van der Waals surface area contributed by atoms with Crippen molar-refractivity contribution in [3.63, 3.8) is 0 Å². The van der Waals surface area contributed by atoms with Gasteiger partial charge in [0.05, 0.1) is 6.07 Å². The third-order valence-corrected chi connectivity index (χ3v) is 3.65. The fourth-order valence-electron chi connectivity index (χ4n) is 2.35. The molecule has 0 aromatic rings. The number of hydrogen-bond acceptors (Lipinski definition) is 3. The normalized spacial score (nSPS) is 20.6. The zero-order valence-corrected chi connectivity index (χ0v) is 10.7. The quantitative estimate of drug-likeness (QED) is 0.700. The summed E-state index contributed by atoms with van der Waals surface area (Å²) in [4.78, 5) is 2.41. The summed E-state index contributed by atoms with van der Waals surface area (Å²) in [6.45, 7) is 5.85. The molecule has 92 valence electrons. The Kier molecular flexibility index (Phi) is 6.44. The van der Waals surface area contributed by atoms with Gasteiger partial charge in [0.2, 0.25) is 0 Å². The third-order valence-electron chi connectivity index (χ3n) is 3.65. The molecule has 1 atom stereocenters. The van der Waals surface area contributed by atoms with Crippen molar-refractivity contribution >= 4 is 0 Å². The minimum atomic E-state index is 0.635. The van der Waals surface area contributed by atoms with Crippen molar-refractivity contribution in [2.24, 2.45) is 5.92 Å². The van der Waals surface area contributed by atoms with Gasteiger partial charge in [0.25, 0.3) is 0 Å². The molecule has 1 heterocycles. The molecule has 3 heteroatoms. The molecule has 0 aromatic heterocycles. The second kappa shape index (κ2) is 7.65. The minimum absolute atomic E-state index is 0.635. The van der Waals surface area contributed by atoms with E-state index in [1.165, 1.54) is 25.9 Å². The van der Waals surface area contributed by atoms with Crippen molar-refractivity contribution < 1.29 is 0 Å². The van der Waals surface area contributed by atoms with Crippen LogP contribution in [-0.4, -0.2) is 37.6 Å². The lowest BCUT2D eigenvalue weighted by molar-refractivity contribution is 0.190. The standard InChI is InChI=1S/C13H25N3/c1-12(15-9-5-3-4-8-14)13-6-10-16(2)11-7-13/h12-13,15H,3-7,9-11H2,1-2H3. The molecule has 0 bridgehead atoms. The molecule has 1 aliphatic rings. The first kappa shape index (κ1) is 13.5. The SMILES string of the molecule is CC(NCCCCC#N)C1CCN(C)CC1. The molecule has 1 unspecified atom stereocenters. The van der Waals surface area contributed by atoms with Crippen LogP contribution in [0.3, 0.4) is 0 Å². The van der Waals surface area contributed by atoms with Crippen LogP contribution in [0.25, 0.3) is 0 Å². The van der Waals surface area contributed by atoms with Crippen LogP contribution < -0.4 is 5.32 Å². The summed E-state index contributed by atoms with van der Waals surface area (Å²) >= 11 is 0. The zero-order chi connectivity index (χ0) is 11.8. The minimum Gasteiger partial charge on any atom is -0.314 e. The molecular formula is C13H25N3. The molecule has 1 saturated heterocycles. The number of hydrogen-bond donors (Lipinski definition) is 1. The highest BCUT2D eigenvalue weighted by atomic mass is 15.1. The zero-order valence-electron chi connectivity index (χ0n) is 10.7. The summed E-state index contributed by atoms with van der Waals surface area (Å²) in [5.74, 6) is 0.840. The molecule has 1 aliphatic heterocycles.